The lowest BCUT2D eigenvalue weighted by Crippen LogP contribution is -3.16. The summed E-state index contributed by atoms with van der Waals surface area (Å²) in [6.45, 7) is 1.77. The van der Waals surface area contributed by atoms with Gasteiger partial charge < -0.3 is 10.2 Å². The van der Waals surface area contributed by atoms with Crippen LogP contribution < -0.4 is 14.9 Å². The van der Waals surface area contributed by atoms with Crippen molar-refractivity contribution in [2.24, 2.45) is 0 Å². The molecule has 0 aromatic heterocycles. The lowest BCUT2D eigenvalue weighted by atomic mass is 10.0. The molecule has 3 N–H and O–H groups in total. The number of nitrogens with one attached hydrogen (secondary N) is 3. The number of fused-ring (bicyclic) bond motifs is 1. The fourth-order valence-electron chi connectivity index (χ4n) is 4.06. The Morgan fingerprint density at radius 2 is 1.77 bits per heavy atom. The number of rotatable bonds is 4. The van der Waals surface area contributed by atoms with E-state index in [4.69, 9.17) is 0 Å². The summed E-state index contributed by atoms with van der Waals surface area (Å²) in [7, 11) is -3.61. The van der Waals surface area contributed by atoms with Gasteiger partial charge >= 0.3 is 0 Å². The van der Waals surface area contributed by atoms with E-state index in [-0.39, 0.29) is 22.9 Å². The first-order valence-electron chi connectivity index (χ1n) is 8.81. The first kappa shape index (κ1) is 17.2. The number of amides is 1. The molecule has 0 saturated carbocycles. The van der Waals surface area contributed by atoms with E-state index >= 15 is 0 Å². The van der Waals surface area contributed by atoms with Gasteiger partial charge in [-0.05, 0) is 24.1 Å². The van der Waals surface area contributed by atoms with Gasteiger partial charge in [-0.2, -0.15) is 0 Å². The van der Waals surface area contributed by atoms with Crippen molar-refractivity contribution in [3.05, 3.63) is 65.7 Å². The number of hydrogen-bond donors (Lipinski definition) is 3. The highest BCUT2D eigenvalue weighted by atomic mass is 32.2. The van der Waals surface area contributed by atoms with Crippen molar-refractivity contribution in [3.8, 4) is 0 Å². The molecule has 0 radical (unpaired) electrons. The van der Waals surface area contributed by atoms with Gasteiger partial charge in [0.25, 0.3) is 5.91 Å². The van der Waals surface area contributed by atoms with E-state index in [2.05, 4.69) is 16.1 Å². The monoisotopic (exact) mass is 372 g/mol. The predicted molar refractivity (Wildman–Crippen MR) is 97.1 cm³/mol. The van der Waals surface area contributed by atoms with Gasteiger partial charge in [-0.25, -0.2) is 13.1 Å². The maximum Gasteiger partial charge on any atom is 0.275 e. The number of quaternary nitrogens is 1. The molecule has 1 amide bonds. The molecule has 4 rings (SSSR count). The number of hydrogen-bond acceptors (Lipinski definition) is 3. The van der Waals surface area contributed by atoms with Crippen LogP contribution in [0.5, 0.6) is 0 Å². The van der Waals surface area contributed by atoms with Crippen molar-refractivity contribution < 1.29 is 18.1 Å². The number of benzene rings is 2. The van der Waals surface area contributed by atoms with Gasteiger partial charge in [0.05, 0.1) is 24.0 Å². The summed E-state index contributed by atoms with van der Waals surface area (Å²) < 4.78 is 28.6. The van der Waals surface area contributed by atoms with Crippen LogP contribution >= 0.6 is 0 Å². The van der Waals surface area contributed by atoms with Crippen molar-refractivity contribution in [1.82, 2.24) is 10.0 Å². The molecule has 1 fully saturated rings. The topological polar surface area (TPSA) is 79.7 Å². The average Bonchev–Trinajstić information content (AvgIpc) is 2.99. The van der Waals surface area contributed by atoms with Crippen LogP contribution in [0, 0.1) is 0 Å². The zero-order valence-electron chi connectivity index (χ0n) is 14.3. The predicted octanol–water partition coefficient (Wildman–Crippen LogP) is -0.354. The third-order valence-corrected chi connectivity index (χ3v) is 6.69. The fourth-order valence-corrected chi connectivity index (χ4v) is 5.33. The summed E-state index contributed by atoms with van der Waals surface area (Å²) in [5.41, 5.74) is 2.29. The second-order valence-electron chi connectivity index (χ2n) is 6.86. The molecule has 1 aliphatic carbocycles. The first-order valence-corrected chi connectivity index (χ1v) is 10.3. The fraction of sp³-hybridized carbons (Fsp3) is 0.316. The maximum absolute atomic E-state index is 12.8. The summed E-state index contributed by atoms with van der Waals surface area (Å²) in [6.07, 6.45) is 0.637. The standard InChI is InChI=1S/C19H21N3O3S/c23-18-13-22(11-10-20-18)19-16-9-5-4-6-14(16)12-17(19)21-26(24,25)15-7-2-1-3-8-15/h1-9,17,19,21H,10-13H2,(H,20,23)/p+1/t17-,19+/m1/s1. The quantitative estimate of drug-likeness (QED) is 0.686. The van der Waals surface area contributed by atoms with Crippen LogP contribution in [-0.4, -0.2) is 40.0 Å². The largest absolute Gasteiger partial charge is 0.346 e. The van der Waals surface area contributed by atoms with E-state index in [1.165, 1.54) is 0 Å². The normalized spacial score (nSPS) is 25.5. The Balaban J connectivity index is 1.65. The smallest absolute Gasteiger partial charge is 0.275 e. The molecule has 2 aliphatic rings. The second kappa shape index (κ2) is 6.83. The highest BCUT2D eigenvalue weighted by Crippen LogP contribution is 2.30. The molecule has 2 aromatic carbocycles. The van der Waals surface area contributed by atoms with Crippen LogP contribution in [0.25, 0.3) is 0 Å². The molecule has 1 heterocycles. The van der Waals surface area contributed by atoms with Crippen LogP contribution in [-0.2, 0) is 21.2 Å². The molecule has 7 heteroatoms. The summed E-state index contributed by atoms with van der Waals surface area (Å²) in [5.74, 6) is 0.0142. The molecule has 26 heavy (non-hydrogen) atoms. The molecule has 6 nitrogen and oxygen atoms in total. The van der Waals surface area contributed by atoms with Crippen molar-refractivity contribution in [2.45, 2.75) is 23.4 Å². The third-order valence-electron chi connectivity index (χ3n) is 5.19. The van der Waals surface area contributed by atoms with Crippen molar-refractivity contribution in [3.63, 3.8) is 0 Å². The molecule has 0 bridgehead atoms. The van der Waals surface area contributed by atoms with E-state index < -0.39 is 10.0 Å². The molecule has 0 spiro atoms. The summed E-state index contributed by atoms with van der Waals surface area (Å²) in [4.78, 5) is 13.3. The lowest BCUT2D eigenvalue weighted by molar-refractivity contribution is -0.926. The summed E-state index contributed by atoms with van der Waals surface area (Å²) in [5, 5.41) is 2.85. The van der Waals surface area contributed by atoms with Gasteiger partial charge in [-0.15, -0.1) is 0 Å². The summed E-state index contributed by atoms with van der Waals surface area (Å²) >= 11 is 0. The van der Waals surface area contributed by atoms with Crippen LogP contribution in [0.3, 0.4) is 0 Å². The first-order chi connectivity index (χ1) is 12.5. The van der Waals surface area contributed by atoms with Gasteiger partial charge in [0.2, 0.25) is 10.0 Å². The van der Waals surface area contributed by atoms with Gasteiger partial charge in [0.1, 0.15) is 6.04 Å². The van der Waals surface area contributed by atoms with Gasteiger partial charge in [0, 0.05) is 5.56 Å². The number of sulfonamides is 1. The highest BCUT2D eigenvalue weighted by molar-refractivity contribution is 7.89. The maximum atomic E-state index is 12.8. The number of carbonyl (C=O) groups excluding carboxylic acids is 1. The van der Waals surface area contributed by atoms with Crippen LogP contribution in [0.15, 0.2) is 59.5 Å². The van der Waals surface area contributed by atoms with Gasteiger partial charge in [-0.1, -0.05) is 42.5 Å². The van der Waals surface area contributed by atoms with Crippen LogP contribution in [0.4, 0.5) is 0 Å². The van der Waals surface area contributed by atoms with E-state index in [1.807, 2.05) is 18.2 Å². The zero-order chi connectivity index (χ0) is 18.1. The molecule has 3 atom stereocenters. The van der Waals surface area contributed by atoms with Crippen LogP contribution in [0.2, 0.25) is 0 Å². The van der Waals surface area contributed by atoms with Gasteiger partial charge in [-0.3, -0.25) is 4.79 Å². The Labute approximate surface area is 153 Å². The Bertz CT molecular complexity index is 915. The number of carbonyl (C=O) groups is 1. The average molecular weight is 372 g/mol. The Kier molecular flexibility index (Phi) is 4.52. The minimum absolute atomic E-state index is 0.0142. The molecular formula is C19H22N3O3S+. The molecule has 1 aliphatic heterocycles. The Morgan fingerprint density at radius 1 is 1.04 bits per heavy atom. The Hall–Kier alpha value is -2.22. The van der Waals surface area contributed by atoms with E-state index in [9.17, 15) is 13.2 Å². The summed E-state index contributed by atoms with van der Waals surface area (Å²) in [6, 6.07) is 16.1. The lowest BCUT2D eigenvalue weighted by Gasteiger charge is -2.33. The van der Waals surface area contributed by atoms with Crippen LogP contribution in [0.1, 0.15) is 17.2 Å². The molecule has 1 saturated heterocycles. The van der Waals surface area contributed by atoms with E-state index in [1.54, 1.807) is 30.3 Å². The molecular weight excluding hydrogens is 350 g/mol. The van der Waals surface area contributed by atoms with Crippen molar-refractivity contribution >= 4 is 15.9 Å². The number of piperazine rings is 1. The minimum Gasteiger partial charge on any atom is -0.346 e. The molecule has 136 valence electrons. The minimum atomic E-state index is -3.61. The van der Waals surface area contributed by atoms with Gasteiger partial charge in [0.15, 0.2) is 6.54 Å². The third kappa shape index (κ3) is 3.25. The van der Waals surface area contributed by atoms with E-state index in [0.29, 0.717) is 19.5 Å². The molecule has 2 aromatic rings. The second-order valence-corrected chi connectivity index (χ2v) is 8.57. The van der Waals surface area contributed by atoms with E-state index in [0.717, 1.165) is 22.6 Å². The molecule has 1 unspecified atom stereocenters. The highest BCUT2D eigenvalue weighted by Gasteiger charge is 2.43. The Morgan fingerprint density at radius 3 is 2.54 bits per heavy atom. The zero-order valence-corrected chi connectivity index (χ0v) is 15.1. The van der Waals surface area contributed by atoms with Crippen molar-refractivity contribution in [1.29, 1.82) is 0 Å². The van der Waals surface area contributed by atoms with Crippen molar-refractivity contribution in [2.75, 3.05) is 19.6 Å². The SMILES string of the molecule is O=C1C[NH+]([C@H]2c3ccccc3C[C@H]2NS(=O)(=O)c2ccccc2)CCN1.